The molecule has 0 aliphatic rings. The van der Waals surface area contributed by atoms with Crippen LogP contribution in [0.25, 0.3) is 0 Å². The summed E-state index contributed by atoms with van der Waals surface area (Å²) in [5, 5.41) is 2.58. The average Bonchev–Trinajstić information content (AvgIpc) is 1.97. The molecule has 0 aliphatic heterocycles. The van der Waals surface area contributed by atoms with E-state index in [4.69, 9.17) is 13.0 Å². The van der Waals surface area contributed by atoms with Crippen LogP contribution < -0.4 is 11.1 Å². The van der Waals surface area contributed by atoms with Crippen molar-refractivity contribution in [1.29, 1.82) is 0 Å². The summed E-state index contributed by atoms with van der Waals surface area (Å²) in [6, 6.07) is -0.265. The van der Waals surface area contributed by atoms with Gasteiger partial charge in [0.15, 0.2) is 0 Å². The molecule has 0 aliphatic carbocycles. The monoisotopic (exact) mass is 369 g/mol. The molecule has 11 heavy (non-hydrogen) atoms. The molecule has 0 aromatic carbocycles. The summed E-state index contributed by atoms with van der Waals surface area (Å²) in [6.45, 7) is 0.533. The summed E-state index contributed by atoms with van der Waals surface area (Å²) < 4.78 is 6.03. The number of hydrogen-bond donors (Lipinski definition) is 2. The number of halogens is 1. The molecule has 0 bridgehead atoms. The first kappa shape index (κ1) is 11.6. The van der Waals surface area contributed by atoms with Crippen LogP contribution in [0.3, 0.4) is 0 Å². The van der Waals surface area contributed by atoms with Gasteiger partial charge < -0.3 is 0 Å². The molecule has 4 N–H and O–H groups in total. The molecule has 2 amide bonds. The molecular weight excluding hydrogens is 356 g/mol. The molecular formula is C5H12ClHgN2O2+. The SMILES string of the molecule is COC(CNC([NH3+])=O)[CH2][Hg][Cl]. The molecule has 1 unspecified atom stereocenters. The van der Waals surface area contributed by atoms with Crippen molar-refractivity contribution in [2.45, 2.75) is 10.0 Å². The zero-order valence-electron chi connectivity index (χ0n) is 6.60. The van der Waals surface area contributed by atoms with Gasteiger partial charge in [-0.15, -0.1) is 0 Å². The molecule has 0 aromatic rings. The van der Waals surface area contributed by atoms with Crippen LogP contribution >= 0.6 is 8.25 Å². The maximum absolute atomic E-state index is 10.4. The maximum atomic E-state index is 10.4. The minimum absolute atomic E-state index is 0.0971. The van der Waals surface area contributed by atoms with Crippen molar-refractivity contribution in [3.63, 3.8) is 0 Å². The van der Waals surface area contributed by atoms with Gasteiger partial charge in [0, 0.05) is 0 Å². The summed E-state index contributed by atoms with van der Waals surface area (Å²) in [7, 11) is 7.33. The van der Waals surface area contributed by atoms with Gasteiger partial charge in [-0.2, -0.15) is 0 Å². The van der Waals surface area contributed by atoms with Crippen molar-refractivity contribution in [1.82, 2.24) is 5.32 Å². The molecule has 0 saturated heterocycles. The number of carbonyl (C=O) groups is 1. The number of nitrogens with one attached hydrogen (secondary N) is 1. The molecule has 1 atom stereocenters. The van der Waals surface area contributed by atoms with Crippen molar-refractivity contribution in [2.24, 2.45) is 0 Å². The fourth-order valence-corrected chi connectivity index (χ4v) is 5.44. The molecule has 0 rings (SSSR count). The first-order valence-corrected chi connectivity index (χ1v) is 14.0. The molecule has 0 fully saturated rings. The minimum atomic E-state index is -1.14. The third-order valence-corrected chi connectivity index (χ3v) is 6.56. The van der Waals surface area contributed by atoms with E-state index in [0.29, 0.717) is 6.54 Å². The number of amides is 2. The van der Waals surface area contributed by atoms with Crippen LogP contribution in [0, 0.1) is 0 Å². The van der Waals surface area contributed by atoms with Gasteiger partial charge >= 0.3 is 81.9 Å². The van der Waals surface area contributed by atoms with Gasteiger partial charge in [0.05, 0.1) is 0 Å². The van der Waals surface area contributed by atoms with Gasteiger partial charge in [-0.05, 0) is 0 Å². The number of rotatable bonds is 5. The van der Waals surface area contributed by atoms with E-state index >= 15 is 0 Å². The van der Waals surface area contributed by atoms with E-state index in [9.17, 15) is 4.79 Å². The van der Waals surface area contributed by atoms with Crippen LogP contribution in [0.15, 0.2) is 0 Å². The van der Waals surface area contributed by atoms with Crippen molar-refractivity contribution in [3.8, 4) is 0 Å². The zero-order chi connectivity index (χ0) is 8.69. The molecule has 0 aromatic heterocycles. The van der Waals surface area contributed by atoms with Crippen molar-refractivity contribution < 1.29 is 38.6 Å². The Morgan fingerprint density at radius 2 is 2.55 bits per heavy atom. The van der Waals surface area contributed by atoms with Crippen LogP contribution in [-0.4, -0.2) is 25.8 Å². The fourth-order valence-electron chi connectivity index (χ4n) is 0.653. The fraction of sp³-hybridized carbons (Fsp3) is 0.800. The van der Waals surface area contributed by atoms with Gasteiger partial charge in [-0.1, -0.05) is 0 Å². The normalized spacial score (nSPS) is 11.9. The Labute approximate surface area is 81.7 Å². The summed E-state index contributed by atoms with van der Waals surface area (Å²) in [5.41, 5.74) is 3.18. The van der Waals surface area contributed by atoms with Gasteiger partial charge in [0.25, 0.3) is 0 Å². The number of carbonyl (C=O) groups excluding carboxylic acids is 1. The van der Waals surface area contributed by atoms with Gasteiger partial charge in [0.1, 0.15) is 0 Å². The third-order valence-electron chi connectivity index (χ3n) is 1.29. The summed E-state index contributed by atoms with van der Waals surface area (Å²) >= 11 is -1.14. The van der Waals surface area contributed by atoms with Crippen molar-refractivity contribution in [2.75, 3.05) is 13.7 Å². The van der Waals surface area contributed by atoms with Crippen molar-refractivity contribution in [3.05, 3.63) is 0 Å². The molecule has 0 saturated carbocycles. The molecule has 62 valence electrons. The number of ether oxygens (including phenoxy) is 1. The van der Waals surface area contributed by atoms with E-state index in [1.165, 1.54) is 0 Å². The Morgan fingerprint density at radius 3 is 2.91 bits per heavy atom. The van der Waals surface area contributed by atoms with E-state index < -0.39 is 23.3 Å². The third kappa shape index (κ3) is 6.99. The summed E-state index contributed by atoms with van der Waals surface area (Å²) in [6.07, 6.45) is 0.0971. The first-order valence-electron chi connectivity index (χ1n) is 3.39. The van der Waals surface area contributed by atoms with Gasteiger partial charge in [-0.3, -0.25) is 0 Å². The second-order valence-corrected chi connectivity index (χ2v) is 9.17. The van der Waals surface area contributed by atoms with E-state index in [1.807, 2.05) is 0 Å². The van der Waals surface area contributed by atoms with Gasteiger partial charge in [0.2, 0.25) is 0 Å². The number of hydrogen-bond acceptors (Lipinski definition) is 2. The molecule has 6 heteroatoms. The van der Waals surface area contributed by atoms with E-state index in [-0.39, 0.29) is 12.1 Å². The zero-order valence-corrected chi connectivity index (χ0v) is 12.9. The van der Waals surface area contributed by atoms with Crippen molar-refractivity contribution >= 4 is 14.3 Å². The number of methoxy groups -OCH3 is 1. The Morgan fingerprint density at radius 1 is 1.91 bits per heavy atom. The van der Waals surface area contributed by atoms with Crippen LogP contribution in [0.1, 0.15) is 0 Å². The number of quaternary nitrogens is 1. The quantitative estimate of drug-likeness (QED) is 0.650. The topological polar surface area (TPSA) is 66.0 Å². The Balaban J connectivity index is 3.43. The Hall–Kier alpha value is 0.615. The van der Waals surface area contributed by atoms with E-state index in [2.05, 4.69) is 11.1 Å². The molecule has 0 heterocycles. The number of urea groups is 1. The van der Waals surface area contributed by atoms with Crippen LogP contribution in [-0.2, 0) is 28.1 Å². The van der Waals surface area contributed by atoms with Crippen LogP contribution in [0.4, 0.5) is 4.79 Å². The Kier molecular flexibility index (Phi) is 7.68. The standard InChI is InChI=1S/C5H11N2O2.ClH.Hg/c1-4(9-2)3-7-5(6)8;;/h4H,1,3H2,2H3,(H3,6,7,8);1H;/q;;+1. The van der Waals surface area contributed by atoms with E-state index in [0.717, 1.165) is 3.93 Å². The second-order valence-electron chi connectivity index (χ2n) is 2.14. The Bertz CT molecular complexity index is 125. The summed E-state index contributed by atoms with van der Waals surface area (Å²) in [4.78, 5) is 10.4. The predicted octanol–water partition coefficient (Wildman–Crippen LogP) is -0.392. The summed E-state index contributed by atoms with van der Waals surface area (Å²) in [5.74, 6) is 0. The van der Waals surface area contributed by atoms with Gasteiger partial charge in [-0.25, -0.2) is 0 Å². The van der Waals surface area contributed by atoms with E-state index in [1.54, 1.807) is 7.11 Å². The van der Waals surface area contributed by atoms with Crippen LogP contribution in [0.2, 0.25) is 3.93 Å². The first-order chi connectivity index (χ1) is 5.20. The molecule has 4 nitrogen and oxygen atoms in total. The van der Waals surface area contributed by atoms with Crippen LogP contribution in [0.5, 0.6) is 0 Å². The second kappa shape index (κ2) is 7.27. The molecule has 0 spiro atoms. The average molecular weight is 368 g/mol. The molecule has 0 radical (unpaired) electrons. The predicted molar refractivity (Wildman–Crippen MR) is 37.7 cm³/mol.